The number of hydrogen-bond donors (Lipinski definition) is 0. The molecule has 1 aliphatic heterocycles. The van der Waals surface area contributed by atoms with E-state index in [1.54, 1.807) is 6.92 Å². The molecular formula is C17H24FN3O5S. The minimum Gasteiger partial charge on any atom is -0.450 e. The van der Waals surface area contributed by atoms with Gasteiger partial charge in [0.1, 0.15) is 11.9 Å². The molecule has 1 aromatic carbocycles. The zero-order valence-electron chi connectivity index (χ0n) is 15.6. The van der Waals surface area contributed by atoms with E-state index < -0.39 is 33.9 Å². The summed E-state index contributed by atoms with van der Waals surface area (Å²) >= 11 is 0. The van der Waals surface area contributed by atoms with E-state index in [0.29, 0.717) is 0 Å². The first-order valence-corrected chi connectivity index (χ1v) is 10.5. The summed E-state index contributed by atoms with van der Waals surface area (Å²) in [7, 11) is -3.89. The van der Waals surface area contributed by atoms with Gasteiger partial charge in [-0.3, -0.25) is 9.10 Å². The summed E-state index contributed by atoms with van der Waals surface area (Å²) in [5.74, 6) is -1.18. The number of anilines is 1. The topological polar surface area (TPSA) is 87.2 Å². The van der Waals surface area contributed by atoms with E-state index in [1.807, 2.05) is 0 Å². The van der Waals surface area contributed by atoms with Crippen molar-refractivity contribution in [1.29, 1.82) is 0 Å². The van der Waals surface area contributed by atoms with Gasteiger partial charge in [0.2, 0.25) is 15.9 Å². The lowest BCUT2D eigenvalue weighted by Crippen LogP contribution is -2.56. The molecule has 1 atom stereocenters. The number of carbonyl (C=O) groups excluding carboxylic acids is 2. The van der Waals surface area contributed by atoms with Crippen LogP contribution in [0.15, 0.2) is 24.3 Å². The summed E-state index contributed by atoms with van der Waals surface area (Å²) in [4.78, 5) is 27.5. The largest absolute Gasteiger partial charge is 0.450 e. The fourth-order valence-corrected chi connectivity index (χ4v) is 4.16. The van der Waals surface area contributed by atoms with E-state index in [0.717, 1.165) is 16.6 Å². The number of para-hydroxylation sites is 1. The third-order valence-corrected chi connectivity index (χ3v) is 5.50. The molecule has 0 radical (unpaired) electrons. The summed E-state index contributed by atoms with van der Waals surface area (Å²) < 4.78 is 44.4. The summed E-state index contributed by atoms with van der Waals surface area (Å²) in [5, 5.41) is 0. The summed E-state index contributed by atoms with van der Waals surface area (Å²) in [6, 6.07) is 4.29. The van der Waals surface area contributed by atoms with E-state index in [1.165, 1.54) is 34.9 Å². The fraction of sp³-hybridized carbons (Fsp3) is 0.529. The van der Waals surface area contributed by atoms with Gasteiger partial charge in [0.05, 0.1) is 18.6 Å². The number of carbonyl (C=O) groups is 2. The molecule has 1 aromatic rings. The van der Waals surface area contributed by atoms with E-state index in [2.05, 4.69) is 0 Å². The maximum atomic E-state index is 14.2. The zero-order chi connectivity index (χ0) is 20.2. The highest BCUT2D eigenvalue weighted by atomic mass is 32.2. The Balaban J connectivity index is 2.15. The van der Waals surface area contributed by atoms with Gasteiger partial charge >= 0.3 is 6.09 Å². The predicted molar refractivity (Wildman–Crippen MR) is 98.4 cm³/mol. The van der Waals surface area contributed by atoms with Crippen molar-refractivity contribution in [3.05, 3.63) is 30.1 Å². The molecule has 1 fully saturated rings. The molecule has 0 N–H and O–H groups in total. The Kier molecular flexibility index (Phi) is 6.63. The van der Waals surface area contributed by atoms with Gasteiger partial charge in [-0.1, -0.05) is 12.1 Å². The SMILES string of the molecule is CCOC(=O)N1CCN(C(=O)C(C)N(c2ccccc2F)S(C)(=O)=O)CC1. The van der Waals surface area contributed by atoms with Crippen LogP contribution >= 0.6 is 0 Å². The molecular weight excluding hydrogens is 377 g/mol. The zero-order valence-corrected chi connectivity index (χ0v) is 16.4. The van der Waals surface area contributed by atoms with Crippen LogP contribution in [0.25, 0.3) is 0 Å². The number of sulfonamides is 1. The van der Waals surface area contributed by atoms with Crippen LogP contribution in [0.1, 0.15) is 13.8 Å². The molecule has 8 nitrogen and oxygen atoms in total. The molecule has 1 saturated heterocycles. The van der Waals surface area contributed by atoms with Gasteiger partial charge in [-0.05, 0) is 26.0 Å². The van der Waals surface area contributed by atoms with Gasteiger partial charge in [0.15, 0.2) is 0 Å². The number of ether oxygens (including phenoxy) is 1. The van der Waals surface area contributed by atoms with Crippen LogP contribution in [0, 0.1) is 5.82 Å². The Morgan fingerprint density at radius 3 is 2.26 bits per heavy atom. The first-order valence-electron chi connectivity index (χ1n) is 8.61. The monoisotopic (exact) mass is 401 g/mol. The Hall–Kier alpha value is -2.36. The lowest BCUT2D eigenvalue weighted by atomic mass is 10.2. The van der Waals surface area contributed by atoms with Gasteiger partial charge in [-0.2, -0.15) is 0 Å². The average molecular weight is 401 g/mol. The van der Waals surface area contributed by atoms with Crippen LogP contribution < -0.4 is 4.31 Å². The third-order valence-electron chi connectivity index (χ3n) is 4.27. The highest BCUT2D eigenvalue weighted by molar-refractivity contribution is 7.92. The normalized spacial score (nSPS) is 16.0. The van der Waals surface area contributed by atoms with Crippen molar-refractivity contribution in [3.63, 3.8) is 0 Å². The Morgan fingerprint density at radius 2 is 1.74 bits per heavy atom. The second-order valence-electron chi connectivity index (χ2n) is 6.20. The molecule has 27 heavy (non-hydrogen) atoms. The minimum atomic E-state index is -3.89. The molecule has 1 unspecified atom stereocenters. The number of benzene rings is 1. The number of nitrogens with zero attached hydrogens (tertiary/aromatic N) is 3. The maximum Gasteiger partial charge on any atom is 0.409 e. The van der Waals surface area contributed by atoms with E-state index in [-0.39, 0.29) is 38.5 Å². The maximum absolute atomic E-state index is 14.2. The van der Waals surface area contributed by atoms with Crippen LogP contribution in [-0.2, 0) is 19.6 Å². The fourth-order valence-electron chi connectivity index (χ4n) is 2.99. The van der Waals surface area contributed by atoms with E-state index in [9.17, 15) is 22.4 Å². The number of amides is 2. The van der Waals surface area contributed by atoms with Gasteiger partial charge in [-0.25, -0.2) is 17.6 Å². The van der Waals surface area contributed by atoms with Gasteiger partial charge in [-0.15, -0.1) is 0 Å². The lowest BCUT2D eigenvalue weighted by Gasteiger charge is -2.37. The second kappa shape index (κ2) is 8.55. The highest BCUT2D eigenvalue weighted by Crippen LogP contribution is 2.25. The predicted octanol–water partition coefficient (Wildman–Crippen LogP) is 1.28. The Morgan fingerprint density at radius 1 is 1.19 bits per heavy atom. The molecule has 0 spiro atoms. The summed E-state index contributed by atoms with van der Waals surface area (Å²) in [6.45, 7) is 4.47. The van der Waals surface area contributed by atoms with Crippen molar-refractivity contribution < 1.29 is 27.1 Å². The van der Waals surface area contributed by atoms with Crippen LogP contribution in [0.4, 0.5) is 14.9 Å². The van der Waals surface area contributed by atoms with Crippen LogP contribution in [0.3, 0.4) is 0 Å². The second-order valence-corrected chi connectivity index (χ2v) is 8.06. The minimum absolute atomic E-state index is 0.175. The van der Waals surface area contributed by atoms with Crippen molar-refractivity contribution in [1.82, 2.24) is 9.80 Å². The molecule has 1 aliphatic rings. The van der Waals surface area contributed by atoms with Gasteiger partial charge in [0, 0.05) is 26.2 Å². The van der Waals surface area contributed by atoms with E-state index >= 15 is 0 Å². The average Bonchev–Trinajstić information content (AvgIpc) is 2.62. The Bertz CT molecular complexity index is 794. The molecule has 2 rings (SSSR count). The molecule has 0 aromatic heterocycles. The molecule has 10 heteroatoms. The lowest BCUT2D eigenvalue weighted by molar-refractivity contribution is -0.133. The van der Waals surface area contributed by atoms with Crippen LogP contribution in [-0.4, -0.2) is 75.3 Å². The first-order chi connectivity index (χ1) is 12.7. The molecule has 1 heterocycles. The number of halogens is 1. The quantitative estimate of drug-likeness (QED) is 0.742. The summed E-state index contributed by atoms with van der Waals surface area (Å²) in [5.41, 5.74) is -0.175. The number of hydrogen-bond acceptors (Lipinski definition) is 5. The first kappa shape index (κ1) is 20.9. The molecule has 2 amide bonds. The molecule has 150 valence electrons. The van der Waals surface area contributed by atoms with E-state index in [4.69, 9.17) is 4.74 Å². The molecule has 0 bridgehead atoms. The highest BCUT2D eigenvalue weighted by Gasteiger charge is 2.35. The smallest absolute Gasteiger partial charge is 0.409 e. The van der Waals surface area contributed by atoms with Crippen molar-refractivity contribution >= 4 is 27.7 Å². The number of piperazine rings is 1. The molecule has 0 aliphatic carbocycles. The molecule has 0 saturated carbocycles. The van der Waals surface area contributed by atoms with Crippen LogP contribution in [0.2, 0.25) is 0 Å². The van der Waals surface area contributed by atoms with Crippen LogP contribution in [0.5, 0.6) is 0 Å². The van der Waals surface area contributed by atoms with Gasteiger partial charge < -0.3 is 14.5 Å². The van der Waals surface area contributed by atoms with Crippen molar-refractivity contribution in [2.24, 2.45) is 0 Å². The van der Waals surface area contributed by atoms with Crippen molar-refractivity contribution in [2.75, 3.05) is 43.3 Å². The van der Waals surface area contributed by atoms with Gasteiger partial charge in [0.25, 0.3) is 0 Å². The van der Waals surface area contributed by atoms with Crippen molar-refractivity contribution in [3.8, 4) is 0 Å². The Labute approximate surface area is 158 Å². The summed E-state index contributed by atoms with van der Waals surface area (Å²) in [6.07, 6.45) is 0.490. The number of rotatable bonds is 5. The van der Waals surface area contributed by atoms with Crippen molar-refractivity contribution in [2.45, 2.75) is 19.9 Å². The third kappa shape index (κ3) is 4.88. The standard InChI is InChI=1S/C17H24FN3O5S/c1-4-26-17(23)20-11-9-19(10-12-20)16(22)13(2)21(27(3,24)25)15-8-6-5-7-14(15)18/h5-8,13H,4,9-12H2,1-3H3.